The number of rotatable bonds is 2. The second-order valence-corrected chi connectivity index (χ2v) is 4.05. The monoisotopic (exact) mass is 204 g/mol. The quantitative estimate of drug-likeness (QED) is 0.733. The van der Waals surface area contributed by atoms with E-state index >= 15 is 0 Å². The molecule has 0 aliphatic carbocycles. The molecule has 1 fully saturated rings. The Hall–Kier alpha value is -1.35. The van der Waals surface area contributed by atoms with Crippen LogP contribution in [-0.4, -0.2) is 30.0 Å². The fourth-order valence-electron chi connectivity index (χ4n) is 2.16. The van der Waals surface area contributed by atoms with Crippen molar-refractivity contribution < 1.29 is 4.79 Å². The number of amides is 1. The van der Waals surface area contributed by atoms with Crippen molar-refractivity contribution in [1.82, 2.24) is 10.0 Å². The summed E-state index contributed by atoms with van der Waals surface area (Å²) in [7, 11) is 3.83. The van der Waals surface area contributed by atoms with Crippen LogP contribution in [0.1, 0.15) is 24.4 Å². The molecule has 0 bridgehead atoms. The molecule has 0 aromatic heterocycles. The van der Waals surface area contributed by atoms with E-state index in [1.807, 2.05) is 42.3 Å². The first-order valence-electron chi connectivity index (χ1n) is 5.24. The van der Waals surface area contributed by atoms with Gasteiger partial charge in [-0.25, -0.2) is 5.01 Å². The van der Waals surface area contributed by atoms with Gasteiger partial charge in [0.05, 0.1) is 6.04 Å². The van der Waals surface area contributed by atoms with Gasteiger partial charge in [0, 0.05) is 20.5 Å². The van der Waals surface area contributed by atoms with Crippen molar-refractivity contribution in [3.63, 3.8) is 0 Å². The smallest absolute Gasteiger partial charge is 0.237 e. The number of nitrogens with zero attached hydrogens (tertiary/aromatic N) is 2. The molecule has 0 saturated carbocycles. The van der Waals surface area contributed by atoms with Gasteiger partial charge in [0.1, 0.15) is 0 Å². The summed E-state index contributed by atoms with van der Waals surface area (Å²) in [5.74, 6) is 0.217. The van der Waals surface area contributed by atoms with E-state index < -0.39 is 0 Å². The van der Waals surface area contributed by atoms with Gasteiger partial charge in [-0.15, -0.1) is 0 Å². The van der Waals surface area contributed by atoms with Crippen molar-refractivity contribution in [2.24, 2.45) is 0 Å². The second-order valence-electron chi connectivity index (χ2n) is 4.05. The van der Waals surface area contributed by atoms with Gasteiger partial charge in [-0.3, -0.25) is 9.80 Å². The van der Waals surface area contributed by atoms with Crippen LogP contribution in [0.2, 0.25) is 0 Å². The summed E-state index contributed by atoms with van der Waals surface area (Å²) in [5.41, 5.74) is 1.22. The minimum Gasteiger partial charge on any atom is -0.273 e. The highest BCUT2D eigenvalue weighted by Gasteiger charge is 2.33. The third kappa shape index (κ3) is 1.88. The fourth-order valence-corrected chi connectivity index (χ4v) is 2.16. The zero-order valence-corrected chi connectivity index (χ0v) is 9.18. The molecule has 1 aliphatic heterocycles. The predicted octanol–water partition coefficient (Wildman–Crippen LogP) is 1.83. The van der Waals surface area contributed by atoms with Crippen LogP contribution in [-0.2, 0) is 4.79 Å². The van der Waals surface area contributed by atoms with Crippen LogP contribution in [0.15, 0.2) is 30.3 Å². The molecule has 0 radical (unpaired) electrons. The van der Waals surface area contributed by atoms with Gasteiger partial charge < -0.3 is 0 Å². The lowest BCUT2D eigenvalue weighted by molar-refractivity contribution is -0.142. The van der Waals surface area contributed by atoms with Crippen molar-refractivity contribution in [2.75, 3.05) is 14.1 Å². The summed E-state index contributed by atoms with van der Waals surface area (Å²) in [6, 6.07) is 10.4. The molecule has 1 aromatic carbocycles. The molecule has 15 heavy (non-hydrogen) atoms. The highest BCUT2D eigenvalue weighted by molar-refractivity contribution is 5.78. The molecular formula is C12H16N2O. The van der Waals surface area contributed by atoms with E-state index in [-0.39, 0.29) is 11.9 Å². The standard InChI is InChI=1S/C12H16N2O/c1-13(2)14-11(8-9-12(14)15)10-6-4-3-5-7-10/h3-7,11H,8-9H2,1-2H3. The third-order valence-electron chi connectivity index (χ3n) is 2.80. The summed E-state index contributed by atoms with van der Waals surface area (Å²) in [6.07, 6.45) is 1.57. The zero-order chi connectivity index (χ0) is 10.8. The first kappa shape index (κ1) is 10.2. The average Bonchev–Trinajstić information content (AvgIpc) is 2.61. The van der Waals surface area contributed by atoms with E-state index in [0.29, 0.717) is 6.42 Å². The molecule has 3 heteroatoms. The highest BCUT2D eigenvalue weighted by atomic mass is 16.2. The Morgan fingerprint density at radius 3 is 2.53 bits per heavy atom. The van der Waals surface area contributed by atoms with Gasteiger partial charge in [0.25, 0.3) is 0 Å². The summed E-state index contributed by atoms with van der Waals surface area (Å²) < 4.78 is 0. The third-order valence-corrected chi connectivity index (χ3v) is 2.80. The molecule has 1 aromatic rings. The molecule has 2 rings (SSSR count). The highest BCUT2D eigenvalue weighted by Crippen LogP contribution is 2.32. The molecule has 1 saturated heterocycles. The number of hydrogen-bond acceptors (Lipinski definition) is 2. The number of hydrogen-bond donors (Lipinski definition) is 0. The van der Waals surface area contributed by atoms with E-state index in [1.165, 1.54) is 5.56 Å². The Bertz CT molecular complexity index is 348. The van der Waals surface area contributed by atoms with Crippen LogP contribution in [0, 0.1) is 0 Å². The van der Waals surface area contributed by atoms with Crippen LogP contribution in [0.25, 0.3) is 0 Å². The van der Waals surface area contributed by atoms with Crippen molar-refractivity contribution in [3.05, 3.63) is 35.9 Å². The normalized spacial score (nSPS) is 21.4. The SMILES string of the molecule is CN(C)N1C(=O)CCC1c1ccccc1. The summed E-state index contributed by atoms with van der Waals surface area (Å²) in [5, 5.41) is 3.72. The molecule has 0 spiro atoms. The number of carbonyl (C=O) groups is 1. The Labute approximate surface area is 90.3 Å². The van der Waals surface area contributed by atoms with E-state index in [9.17, 15) is 4.79 Å². The van der Waals surface area contributed by atoms with Gasteiger partial charge in [0.2, 0.25) is 5.91 Å². The lowest BCUT2D eigenvalue weighted by Gasteiger charge is -2.30. The predicted molar refractivity (Wildman–Crippen MR) is 59.0 cm³/mol. The zero-order valence-electron chi connectivity index (χ0n) is 9.18. The average molecular weight is 204 g/mol. The lowest BCUT2D eigenvalue weighted by Crippen LogP contribution is -2.39. The number of hydrazine groups is 1. The summed E-state index contributed by atoms with van der Waals surface area (Å²) >= 11 is 0. The molecule has 0 N–H and O–H groups in total. The van der Waals surface area contributed by atoms with Crippen LogP contribution in [0.3, 0.4) is 0 Å². The van der Waals surface area contributed by atoms with Gasteiger partial charge in [-0.2, -0.15) is 0 Å². The topological polar surface area (TPSA) is 23.6 Å². The minimum absolute atomic E-state index is 0.216. The molecule has 1 unspecified atom stereocenters. The number of carbonyl (C=O) groups excluding carboxylic acids is 1. The molecule has 1 aliphatic rings. The van der Waals surface area contributed by atoms with E-state index in [0.717, 1.165) is 6.42 Å². The molecule has 1 heterocycles. The molecule has 1 amide bonds. The van der Waals surface area contributed by atoms with Crippen LogP contribution < -0.4 is 0 Å². The Kier molecular flexibility index (Phi) is 2.73. The van der Waals surface area contributed by atoms with Crippen molar-refractivity contribution in [1.29, 1.82) is 0 Å². The Morgan fingerprint density at radius 2 is 1.93 bits per heavy atom. The van der Waals surface area contributed by atoms with Gasteiger partial charge in [-0.05, 0) is 12.0 Å². The van der Waals surface area contributed by atoms with Crippen LogP contribution in [0.5, 0.6) is 0 Å². The largest absolute Gasteiger partial charge is 0.273 e. The van der Waals surface area contributed by atoms with Gasteiger partial charge >= 0.3 is 0 Å². The van der Waals surface area contributed by atoms with E-state index in [1.54, 1.807) is 0 Å². The summed E-state index contributed by atoms with van der Waals surface area (Å²) in [6.45, 7) is 0. The Balaban J connectivity index is 2.26. The van der Waals surface area contributed by atoms with E-state index in [4.69, 9.17) is 0 Å². The molecule has 3 nitrogen and oxygen atoms in total. The van der Waals surface area contributed by atoms with Gasteiger partial charge in [-0.1, -0.05) is 30.3 Å². The number of benzene rings is 1. The van der Waals surface area contributed by atoms with Crippen LogP contribution in [0.4, 0.5) is 0 Å². The second kappa shape index (κ2) is 4.03. The maximum atomic E-state index is 11.7. The first-order chi connectivity index (χ1) is 7.20. The maximum Gasteiger partial charge on any atom is 0.237 e. The van der Waals surface area contributed by atoms with Crippen molar-refractivity contribution >= 4 is 5.91 Å². The van der Waals surface area contributed by atoms with Gasteiger partial charge in [0.15, 0.2) is 0 Å². The summed E-state index contributed by atoms with van der Waals surface area (Å²) in [4.78, 5) is 11.7. The first-order valence-corrected chi connectivity index (χ1v) is 5.24. The van der Waals surface area contributed by atoms with Crippen molar-refractivity contribution in [2.45, 2.75) is 18.9 Å². The molecule has 1 atom stereocenters. The minimum atomic E-state index is 0.216. The lowest BCUT2D eigenvalue weighted by atomic mass is 10.1. The molecular weight excluding hydrogens is 188 g/mol. The maximum absolute atomic E-state index is 11.7. The van der Waals surface area contributed by atoms with Crippen LogP contribution >= 0.6 is 0 Å². The van der Waals surface area contributed by atoms with Crippen molar-refractivity contribution in [3.8, 4) is 0 Å². The molecule has 80 valence electrons. The Morgan fingerprint density at radius 1 is 1.27 bits per heavy atom. The fraction of sp³-hybridized carbons (Fsp3) is 0.417. The van der Waals surface area contributed by atoms with E-state index in [2.05, 4.69) is 12.1 Å².